The number of ether oxygens (including phenoxy) is 2. The molecule has 1 aromatic carbocycles. The Bertz CT molecular complexity index is 408. The van der Waals surface area contributed by atoms with Crippen LogP contribution in [0.5, 0.6) is 0 Å². The van der Waals surface area contributed by atoms with Crippen LogP contribution in [0.1, 0.15) is 43.4 Å². The molecule has 3 atom stereocenters. The molecule has 1 N–H and O–H groups in total. The number of hydrogen-bond donors (Lipinski definition) is 1. The summed E-state index contributed by atoms with van der Waals surface area (Å²) in [5, 5.41) is 3.41. The van der Waals surface area contributed by atoms with Crippen molar-refractivity contribution in [3.63, 3.8) is 0 Å². The summed E-state index contributed by atoms with van der Waals surface area (Å²) >= 11 is 0. The maximum atomic E-state index is 6.01. The van der Waals surface area contributed by atoms with E-state index in [0.717, 1.165) is 32.3 Å². The highest BCUT2D eigenvalue weighted by molar-refractivity contribution is 5.31. The molecule has 0 fully saturated rings. The van der Waals surface area contributed by atoms with E-state index in [4.69, 9.17) is 9.47 Å². The quantitative estimate of drug-likeness (QED) is 0.831. The van der Waals surface area contributed by atoms with E-state index in [9.17, 15) is 0 Å². The van der Waals surface area contributed by atoms with Gasteiger partial charge in [-0.25, -0.2) is 0 Å². The lowest BCUT2D eigenvalue weighted by Crippen LogP contribution is -2.40. The van der Waals surface area contributed by atoms with E-state index < -0.39 is 0 Å². The summed E-state index contributed by atoms with van der Waals surface area (Å²) in [5.41, 5.74) is 2.79. The number of rotatable bonds is 7. The zero-order chi connectivity index (χ0) is 14.4. The lowest BCUT2D eigenvalue weighted by molar-refractivity contribution is 0.000860. The number of fused-ring (bicyclic) bond motifs is 1. The van der Waals surface area contributed by atoms with Crippen molar-refractivity contribution in [3.05, 3.63) is 35.4 Å². The molecular formula is C17H27NO2. The van der Waals surface area contributed by atoms with Crippen molar-refractivity contribution in [2.24, 2.45) is 0 Å². The van der Waals surface area contributed by atoms with Crippen LogP contribution in [0.15, 0.2) is 24.3 Å². The largest absolute Gasteiger partial charge is 0.380 e. The van der Waals surface area contributed by atoms with Crippen LogP contribution in [0.4, 0.5) is 0 Å². The molecule has 1 aliphatic heterocycles. The van der Waals surface area contributed by atoms with Gasteiger partial charge in [0.05, 0.1) is 18.8 Å². The molecule has 0 saturated carbocycles. The Morgan fingerprint density at radius 1 is 1.40 bits per heavy atom. The summed E-state index contributed by atoms with van der Waals surface area (Å²) in [4.78, 5) is 0. The first kappa shape index (κ1) is 15.5. The smallest absolute Gasteiger partial charge is 0.0843 e. The molecule has 0 spiro atoms. The van der Waals surface area contributed by atoms with Crippen LogP contribution in [-0.4, -0.2) is 32.9 Å². The lowest BCUT2D eigenvalue weighted by atomic mass is 9.91. The highest BCUT2D eigenvalue weighted by Gasteiger charge is 2.27. The molecule has 1 aliphatic rings. The fourth-order valence-corrected chi connectivity index (χ4v) is 3.13. The minimum absolute atomic E-state index is 0.187. The van der Waals surface area contributed by atoms with Crippen LogP contribution in [0.2, 0.25) is 0 Å². The zero-order valence-electron chi connectivity index (χ0n) is 12.9. The Kier molecular flexibility index (Phi) is 6.02. The van der Waals surface area contributed by atoms with Crippen molar-refractivity contribution in [2.45, 2.75) is 50.9 Å². The summed E-state index contributed by atoms with van der Waals surface area (Å²) in [6, 6.07) is 8.98. The summed E-state index contributed by atoms with van der Waals surface area (Å²) in [6.45, 7) is 3.02. The third-order valence-corrected chi connectivity index (χ3v) is 4.26. The molecule has 0 aliphatic carbocycles. The topological polar surface area (TPSA) is 30.5 Å². The number of nitrogens with one attached hydrogen (secondary N) is 1. The minimum Gasteiger partial charge on any atom is -0.380 e. The highest BCUT2D eigenvalue weighted by Crippen LogP contribution is 2.31. The standard InChI is InChI=1S/C17H27NO2/c1-4-7-16(19-3)15(18-2)12-17-14-9-6-5-8-13(14)10-11-20-17/h5-6,8-9,15-18H,4,7,10-12H2,1-3H3. The van der Waals surface area contributed by atoms with Crippen LogP contribution < -0.4 is 5.32 Å². The fraction of sp³-hybridized carbons (Fsp3) is 0.647. The molecule has 0 radical (unpaired) electrons. The molecular weight excluding hydrogens is 250 g/mol. The monoisotopic (exact) mass is 277 g/mol. The molecule has 0 aromatic heterocycles. The first-order valence-corrected chi connectivity index (χ1v) is 7.69. The van der Waals surface area contributed by atoms with Crippen molar-refractivity contribution in [1.29, 1.82) is 0 Å². The van der Waals surface area contributed by atoms with Gasteiger partial charge in [-0.1, -0.05) is 37.6 Å². The minimum atomic E-state index is 0.187. The third-order valence-electron chi connectivity index (χ3n) is 4.26. The van der Waals surface area contributed by atoms with Gasteiger partial charge in [-0.2, -0.15) is 0 Å². The Hall–Kier alpha value is -0.900. The third kappa shape index (κ3) is 3.60. The van der Waals surface area contributed by atoms with Crippen LogP contribution >= 0.6 is 0 Å². The molecule has 3 heteroatoms. The van der Waals surface area contributed by atoms with Gasteiger partial charge in [-0.05, 0) is 37.4 Å². The van der Waals surface area contributed by atoms with Gasteiger partial charge in [0.2, 0.25) is 0 Å². The Balaban J connectivity index is 2.08. The Labute approximate surface area is 122 Å². The first-order valence-electron chi connectivity index (χ1n) is 7.69. The number of methoxy groups -OCH3 is 1. The molecule has 0 bridgehead atoms. The predicted octanol–water partition coefficient (Wildman–Crippen LogP) is 3.09. The van der Waals surface area contributed by atoms with Crippen molar-refractivity contribution >= 4 is 0 Å². The lowest BCUT2D eigenvalue weighted by Gasteiger charge is -2.32. The van der Waals surface area contributed by atoms with E-state index in [1.807, 2.05) is 7.05 Å². The average Bonchev–Trinajstić information content (AvgIpc) is 2.50. The van der Waals surface area contributed by atoms with Gasteiger partial charge >= 0.3 is 0 Å². The van der Waals surface area contributed by atoms with Gasteiger partial charge in [-0.15, -0.1) is 0 Å². The van der Waals surface area contributed by atoms with Gasteiger partial charge in [0.25, 0.3) is 0 Å². The van der Waals surface area contributed by atoms with Crippen molar-refractivity contribution < 1.29 is 9.47 Å². The fourth-order valence-electron chi connectivity index (χ4n) is 3.13. The summed E-state index contributed by atoms with van der Waals surface area (Å²) in [6.07, 6.45) is 4.65. The first-order chi connectivity index (χ1) is 9.80. The van der Waals surface area contributed by atoms with E-state index in [0.29, 0.717) is 6.04 Å². The van der Waals surface area contributed by atoms with E-state index in [-0.39, 0.29) is 12.2 Å². The van der Waals surface area contributed by atoms with Crippen molar-refractivity contribution in [3.8, 4) is 0 Å². The number of likely N-dealkylation sites (N-methyl/N-ethyl adjacent to an activating group) is 1. The molecule has 1 aromatic rings. The normalized spacial score (nSPS) is 21.2. The summed E-state index contributed by atoms with van der Waals surface area (Å²) < 4.78 is 11.7. The maximum absolute atomic E-state index is 6.01. The van der Waals surface area contributed by atoms with E-state index >= 15 is 0 Å². The van der Waals surface area contributed by atoms with Crippen molar-refractivity contribution in [1.82, 2.24) is 5.32 Å². The van der Waals surface area contributed by atoms with Crippen LogP contribution in [0.3, 0.4) is 0 Å². The second kappa shape index (κ2) is 7.77. The predicted molar refractivity (Wildman–Crippen MR) is 82.0 cm³/mol. The van der Waals surface area contributed by atoms with Crippen LogP contribution in [-0.2, 0) is 15.9 Å². The highest BCUT2D eigenvalue weighted by atomic mass is 16.5. The van der Waals surface area contributed by atoms with Gasteiger partial charge in [0.1, 0.15) is 0 Å². The molecule has 112 valence electrons. The van der Waals surface area contributed by atoms with E-state index in [1.54, 1.807) is 7.11 Å². The molecule has 20 heavy (non-hydrogen) atoms. The maximum Gasteiger partial charge on any atom is 0.0843 e. The molecule has 3 nitrogen and oxygen atoms in total. The summed E-state index contributed by atoms with van der Waals surface area (Å²) in [5.74, 6) is 0. The molecule has 2 rings (SSSR count). The van der Waals surface area contributed by atoms with Crippen LogP contribution in [0, 0.1) is 0 Å². The molecule has 0 amide bonds. The SMILES string of the molecule is CCCC(OC)C(CC1OCCc2ccccc21)NC. The van der Waals surface area contributed by atoms with E-state index in [2.05, 4.69) is 36.5 Å². The molecule has 1 heterocycles. The Morgan fingerprint density at radius 2 is 2.20 bits per heavy atom. The molecule has 3 unspecified atom stereocenters. The average molecular weight is 277 g/mol. The molecule has 0 saturated heterocycles. The van der Waals surface area contributed by atoms with Crippen molar-refractivity contribution in [2.75, 3.05) is 20.8 Å². The number of hydrogen-bond acceptors (Lipinski definition) is 3. The van der Waals surface area contributed by atoms with Gasteiger partial charge in [-0.3, -0.25) is 0 Å². The van der Waals surface area contributed by atoms with E-state index in [1.165, 1.54) is 11.1 Å². The van der Waals surface area contributed by atoms with Gasteiger partial charge in [0.15, 0.2) is 0 Å². The second-order valence-electron chi connectivity index (χ2n) is 5.50. The van der Waals surface area contributed by atoms with Gasteiger partial charge < -0.3 is 14.8 Å². The number of benzene rings is 1. The Morgan fingerprint density at radius 3 is 2.90 bits per heavy atom. The van der Waals surface area contributed by atoms with Crippen LogP contribution in [0.25, 0.3) is 0 Å². The van der Waals surface area contributed by atoms with Gasteiger partial charge in [0, 0.05) is 13.2 Å². The summed E-state index contributed by atoms with van der Waals surface area (Å²) in [7, 11) is 3.82. The zero-order valence-corrected chi connectivity index (χ0v) is 12.9. The second-order valence-corrected chi connectivity index (χ2v) is 5.50.